The second-order valence-electron chi connectivity index (χ2n) is 5.77. The lowest BCUT2D eigenvalue weighted by Gasteiger charge is -2.04. The number of carbonyl (C=O) groups is 1. The summed E-state index contributed by atoms with van der Waals surface area (Å²) >= 11 is 0. The molecule has 0 saturated carbocycles. The van der Waals surface area contributed by atoms with Crippen LogP contribution < -0.4 is 10.2 Å². The van der Waals surface area contributed by atoms with E-state index in [1.807, 2.05) is 30.5 Å². The van der Waals surface area contributed by atoms with Crippen molar-refractivity contribution < 1.29 is 9.53 Å². The highest BCUT2D eigenvalue weighted by molar-refractivity contribution is 5.94. The van der Waals surface area contributed by atoms with E-state index in [1.54, 1.807) is 35.4 Å². The third-order valence-electron chi connectivity index (χ3n) is 3.63. The predicted molar refractivity (Wildman–Crippen MR) is 100 cm³/mol. The van der Waals surface area contributed by atoms with Gasteiger partial charge < -0.3 is 4.74 Å². The molecular formula is C19H20N6O2. The standard InChI is InChI=1S/C19H20N6O2/c1-2-11-25-13-17(22-24-25)14-27-18-5-3-15(4-6-18)12-21-23-19(26)16-7-9-20-10-8-16/h3-10,12-13H,2,11,14H2,1H3,(H,23,26)/b21-12+. The van der Waals surface area contributed by atoms with Crippen molar-refractivity contribution in [2.75, 3.05) is 0 Å². The summed E-state index contributed by atoms with van der Waals surface area (Å²) in [6.45, 7) is 3.30. The molecule has 3 aromatic rings. The van der Waals surface area contributed by atoms with Crippen molar-refractivity contribution in [3.05, 3.63) is 71.8 Å². The van der Waals surface area contributed by atoms with Crippen molar-refractivity contribution >= 4 is 12.1 Å². The minimum atomic E-state index is -0.287. The second kappa shape index (κ2) is 9.23. The molecule has 138 valence electrons. The van der Waals surface area contributed by atoms with Gasteiger partial charge in [-0.25, -0.2) is 5.43 Å². The number of benzene rings is 1. The Morgan fingerprint density at radius 3 is 2.74 bits per heavy atom. The summed E-state index contributed by atoms with van der Waals surface area (Å²) < 4.78 is 7.51. The molecule has 8 nitrogen and oxygen atoms in total. The maximum atomic E-state index is 11.9. The first-order chi connectivity index (χ1) is 13.2. The molecule has 0 bridgehead atoms. The third-order valence-corrected chi connectivity index (χ3v) is 3.63. The second-order valence-corrected chi connectivity index (χ2v) is 5.77. The highest BCUT2D eigenvalue weighted by atomic mass is 16.5. The third kappa shape index (κ3) is 5.46. The fraction of sp³-hybridized carbons (Fsp3) is 0.211. The van der Waals surface area contributed by atoms with Crippen molar-refractivity contribution in [2.45, 2.75) is 26.5 Å². The molecule has 3 rings (SSSR count). The monoisotopic (exact) mass is 364 g/mol. The highest BCUT2D eigenvalue weighted by Gasteiger charge is 2.03. The number of rotatable bonds is 8. The van der Waals surface area contributed by atoms with Gasteiger partial charge in [0, 0.05) is 24.5 Å². The van der Waals surface area contributed by atoms with Crippen molar-refractivity contribution in [3.63, 3.8) is 0 Å². The molecule has 0 unspecified atom stereocenters. The van der Waals surface area contributed by atoms with Crippen LogP contribution >= 0.6 is 0 Å². The van der Waals surface area contributed by atoms with E-state index in [2.05, 4.69) is 32.7 Å². The largest absolute Gasteiger partial charge is 0.487 e. The van der Waals surface area contributed by atoms with Crippen molar-refractivity contribution in [1.82, 2.24) is 25.4 Å². The van der Waals surface area contributed by atoms with Gasteiger partial charge in [-0.1, -0.05) is 12.1 Å². The number of hydrogen-bond donors (Lipinski definition) is 1. The number of ether oxygens (including phenoxy) is 1. The minimum absolute atomic E-state index is 0.287. The SMILES string of the molecule is CCCn1cc(COc2ccc(/C=N/NC(=O)c3ccncc3)cc2)nn1. The Kier molecular flexibility index (Phi) is 6.24. The lowest BCUT2D eigenvalue weighted by molar-refractivity contribution is 0.0955. The number of amides is 1. The Hall–Kier alpha value is -3.55. The molecular weight excluding hydrogens is 344 g/mol. The van der Waals surface area contributed by atoms with E-state index < -0.39 is 0 Å². The zero-order valence-corrected chi connectivity index (χ0v) is 14.9. The summed E-state index contributed by atoms with van der Waals surface area (Å²) in [5, 5.41) is 12.1. The summed E-state index contributed by atoms with van der Waals surface area (Å²) in [4.78, 5) is 15.7. The van der Waals surface area contributed by atoms with Gasteiger partial charge in [-0.15, -0.1) is 5.10 Å². The number of aromatic nitrogens is 4. The molecule has 0 aliphatic heterocycles. The van der Waals surface area contributed by atoms with Gasteiger partial charge in [0.05, 0.1) is 12.4 Å². The number of nitrogens with one attached hydrogen (secondary N) is 1. The van der Waals surface area contributed by atoms with Crippen LogP contribution in [-0.4, -0.2) is 32.1 Å². The molecule has 27 heavy (non-hydrogen) atoms. The number of nitrogens with zero attached hydrogens (tertiary/aromatic N) is 5. The normalized spacial score (nSPS) is 10.9. The van der Waals surface area contributed by atoms with Gasteiger partial charge in [-0.05, 0) is 48.4 Å². The fourth-order valence-corrected chi connectivity index (χ4v) is 2.28. The molecule has 0 saturated heterocycles. The van der Waals surface area contributed by atoms with Gasteiger partial charge >= 0.3 is 0 Å². The number of hydrazone groups is 1. The summed E-state index contributed by atoms with van der Waals surface area (Å²) in [5.74, 6) is 0.433. The van der Waals surface area contributed by atoms with Crippen molar-refractivity contribution in [3.8, 4) is 5.75 Å². The van der Waals surface area contributed by atoms with Gasteiger partial charge in [-0.3, -0.25) is 14.5 Å². The van der Waals surface area contributed by atoms with E-state index in [-0.39, 0.29) is 5.91 Å². The maximum absolute atomic E-state index is 11.9. The van der Waals surface area contributed by atoms with E-state index >= 15 is 0 Å². The van der Waals surface area contributed by atoms with Gasteiger partial charge in [0.25, 0.3) is 5.91 Å². The minimum Gasteiger partial charge on any atom is -0.487 e. The predicted octanol–water partition coefficient (Wildman–Crippen LogP) is 2.43. The van der Waals surface area contributed by atoms with Crippen LogP contribution in [0.5, 0.6) is 5.75 Å². The first-order valence-corrected chi connectivity index (χ1v) is 8.60. The number of carbonyl (C=O) groups excluding carboxylic acids is 1. The van der Waals surface area contributed by atoms with Gasteiger partial charge in [0.15, 0.2) is 0 Å². The zero-order chi connectivity index (χ0) is 18.9. The summed E-state index contributed by atoms with van der Waals surface area (Å²) in [6, 6.07) is 10.6. The van der Waals surface area contributed by atoms with Crippen LogP contribution in [0.15, 0.2) is 60.1 Å². The molecule has 1 amide bonds. The van der Waals surface area contributed by atoms with E-state index in [0.29, 0.717) is 12.2 Å². The number of pyridine rings is 1. The molecule has 0 atom stereocenters. The topological polar surface area (TPSA) is 94.3 Å². The van der Waals surface area contributed by atoms with Crippen LogP contribution in [0.2, 0.25) is 0 Å². The molecule has 1 aromatic carbocycles. The van der Waals surface area contributed by atoms with Gasteiger partial charge in [0.2, 0.25) is 0 Å². The van der Waals surface area contributed by atoms with Gasteiger partial charge in [0.1, 0.15) is 18.1 Å². The van der Waals surface area contributed by atoms with E-state index in [4.69, 9.17) is 4.74 Å². The van der Waals surface area contributed by atoms with Crippen molar-refractivity contribution in [2.24, 2.45) is 5.10 Å². The number of aryl methyl sites for hydroxylation is 1. The highest BCUT2D eigenvalue weighted by Crippen LogP contribution is 2.12. The fourth-order valence-electron chi connectivity index (χ4n) is 2.28. The molecule has 8 heteroatoms. The average molecular weight is 364 g/mol. The van der Waals surface area contributed by atoms with Crippen LogP contribution in [0.25, 0.3) is 0 Å². The Morgan fingerprint density at radius 1 is 1.22 bits per heavy atom. The first kappa shape index (κ1) is 18.2. The molecule has 1 N–H and O–H groups in total. The quantitative estimate of drug-likeness (QED) is 0.489. The lowest BCUT2D eigenvalue weighted by atomic mass is 10.2. The Morgan fingerprint density at radius 2 is 2.00 bits per heavy atom. The Labute approximate surface area is 156 Å². The molecule has 0 aliphatic carbocycles. The Balaban J connectivity index is 1.48. The molecule has 0 aliphatic rings. The van der Waals surface area contributed by atoms with E-state index in [0.717, 1.165) is 30.0 Å². The van der Waals surface area contributed by atoms with E-state index in [9.17, 15) is 4.79 Å². The first-order valence-electron chi connectivity index (χ1n) is 8.60. The Bertz CT molecular complexity index is 890. The van der Waals surface area contributed by atoms with Crippen LogP contribution in [0, 0.1) is 0 Å². The summed E-state index contributed by atoms with van der Waals surface area (Å²) in [7, 11) is 0. The number of hydrogen-bond acceptors (Lipinski definition) is 6. The molecule has 2 aromatic heterocycles. The molecule has 0 radical (unpaired) electrons. The average Bonchev–Trinajstić information content (AvgIpc) is 3.16. The van der Waals surface area contributed by atoms with Crippen molar-refractivity contribution in [1.29, 1.82) is 0 Å². The van der Waals surface area contributed by atoms with E-state index in [1.165, 1.54) is 0 Å². The van der Waals surface area contributed by atoms with Crippen LogP contribution in [0.4, 0.5) is 0 Å². The van der Waals surface area contributed by atoms with Crippen LogP contribution in [0.3, 0.4) is 0 Å². The summed E-state index contributed by atoms with van der Waals surface area (Å²) in [6.07, 6.45) is 7.58. The van der Waals surface area contributed by atoms with Crippen LogP contribution in [-0.2, 0) is 13.2 Å². The lowest BCUT2D eigenvalue weighted by Crippen LogP contribution is -2.17. The smallest absolute Gasteiger partial charge is 0.271 e. The summed E-state index contributed by atoms with van der Waals surface area (Å²) in [5.41, 5.74) is 4.60. The molecule has 0 spiro atoms. The van der Waals surface area contributed by atoms with Gasteiger partial charge in [-0.2, -0.15) is 5.10 Å². The van der Waals surface area contributed by atoms with Crippen LogP contribution in [0.1, 0.15) is 35.0 Å². The molecule has 2 heterocycles. The molecule has 0 fully saturated rings. The zero-order valence-electron chi connectivity index (χ0n) is 14.9. The maximum Gasteiger partial charge on any atom is 0.271 e.